The molecule has 0 unspecified atom stereocenters. The van der Waals surface area contributed by atoms with Crippen molar-refractivity contribution >= 4 is 5.95 Å². The van der Waals surface area contributed by atoms with Gasteiger partial charge < -0.3 is 19.9 Å². The topological polar surface area (TPSA) is 79.5 Å². The number of alkyl halides is 3. The molecule has 0 aliphatic carbocycles. The van der Waals surface area contributed by atoms with Crippen LogP contribution in [0.1, 0.15) is 0 Å². The van der Waals surface area contributed by atoms with Crippen LogP contribution in [-0.2, 0) is 0 Å². The van der Waals surface area contributed by atoms with Gasteiger partial charge in [0.1, 0.15) is 0 Å². The Bertz CT molecular complexity index is 635. The highest BCUT2D eigenvalue weighted by Gasteiger charge is 2.32. The number of aromatic nitrogens is 2. The van der Waals surface area contributed by atoms with Crippen molar-refractivity contribution in [2.75, 3.05) is 12.8 Å². The van der Waals surface area contributed by atoms with Gasteiger partial charge in [-0.3, -0.25) is 0 Å². The molecule has 0 saturated heterocycles. The van der Waals surface area contributed by atoms with Gasteiger partial charge in [-0.2, -0.15) is 9.97 Å². The van der Waals surface area contributed by atoms with Crippen molar-refractivity contribution in [3.63, 3.8) is 0 Å². The molecule has 6 nitrogen and oxygen atoms in total. The second-order valence-electron chi connectivity index (χ2n) is 3.70. The molecule has 0 saturated carbocycles. The summed E-state index contributed by atoms with van der Waals surface area (Å²) < 4.78 is 50.9. The number of benzene rings is 1. The summed E-state index contributed by atoms with van der Waals surface area (Å²) in [7, 11) is 1.35. The number of nitrogens with zero attached hydrogens (tertiary/aromatic N) is 2. The van der Waals surface area contributed by atoms with E-state index in [1.54, 1.807) is 0 Å². The first-order chi connectivity index (χ1) is 9.87. The summed E-state index contributed by atoms with van der Waals surface area (Å²) >= 11 is 0. The molecule has 9 heteroatoms. The Morgan fingerprint density at radius 1 is 1.05 bits per heavy atom. The fourth-order valence-electron chi connectivity index (χ4n) is 1.43. The van der Waals surface area contributed by atoms with Crippen LogP contribution in [0.3, 0.4) is 0 Å². The molecule has 1 heterocycles. The van der Waals surface area contributed by atoms with Gasteiger partial charge in [-0.25, -0.2) is 0 Å². The summed E-state index contributed by atoms with van der Waals surface area (Å²) in [6.45, 7) is 0. The van der Waals surface area contributed by atoms with E-state index in [2.05, 4.69) is 14.7 Å². The number of nitrogens with two attached hydrogens (primary N) is 1. The van der Waals surface area contributed by atoms with Crippen LogP contribution in [0.4, 0.5) is 19.1 Å². The molecule has 0 radical (unpaired) electrons. The second kappa shape index (κ2) is 5.73. The molecule has 21 heavy (non-hydrogen) atoms. The molecular weight excluding hydrogens is 291 g/mol. The molecule has 0 spiro atoms. The monoisotopic (exact) mass is 301 g/mol. The average molecular weight is 301 g/mol. The van der Waals surface area contributed by atoms with Gasteiger partial charge in [0.05, 0.1) is 13.2 Å². The number of anilines is 1. The number of hydrogen-bond donors (Lipinski definition) is 1. The quantitative estimate of drug-likeness (QED) is 0.935. The van der Waals surface area contributed by atoms with Gasteiger partial charge >= 0.3 is 6.36 Å². The minimum absolute atomic E-state index is 0.0717. The number of ether oxygens (including phenoxy) is 3. The zero-order valence-corrected chi connectivity index (χ0v) is 10.7. The molecular formula is C12H10F3N3O3. The number of nitrogen functional groups attached to an aromatic ring is 1. The van der Waals surface area contributed by atoms with Crippen LogP contribution in [0, 0.1) is 0 Å². The molecule has 0 atom stereocenters. The van der Waals surface area contributed by atoms with Gasteiger partial charge in [-0.05, 0) is 12.1 Å². The first kappa shape index (κ1) is 14.7. The number of methoxy groups -OCH3 is 1. The zero-order valence-electron chi connectivity index (χ0n) is 10.7. The lowest BCUT2D eigenvalue weighted by atomic mass is 10.3. The van der Waals surface area contributed by atoms with E-state index in [0.717, 1.165) is 6.07 Å². The zero-order chi connectivity index (χ0) is 15.5. The van der Waals surface area contributed by atoms with Crippen molar-refractivity contribution < 1.29 is 27.4 Å². The first-order valence-corrected chi connectivity index (χ1v) is 5.58. The standard InChI is InChI=1S/C12H10F3N3O3/c1-19-9-6-10(18-11(16)17-9)20-7-4-2-3-5-8(7)21-12(13,14)15/h2-6H,1H3,(H2,16,17,18). The number of hydrogen-bond acceptors (Lipinski definition) is 6. The third-order valence-corrected chi connectivity index (χ3v) is 2.19. The summed E-state index contributed by atoms with van der Waals surface area (Å²) in [4.78, 5) is 7.47. The van der Waals surface area contributed by atoms with Crippen LogP contribution in [0.2, 0.25) is 0 Å². The summed E-state index contributed by atoms with van der Waals surface area (Å²) in [6.07, 6.45) is -4.83. The molecule has 1 aromatic heterocycles. The SMILES string of the molecule is COc1cc(Oc2ccccc2OC(F)(F)F)nc(N)n1. The lowest BCUT2D eigenvalue weighted by molar-refractivity contribution is -0.275. The molecule has 1 aromatic carbocycles. The Balaban J connectivity index is 2.29. The maximum absolute atomic E-state index is 12.3. The predicted molar refractivity (Wildman–Crippen MR) is 66.2 cm³/mol. The van der Waals surface area contributed by atoms with E-state index < -0.39 is 12.1 Å². The van der Waals surface area contributed by atoms with E-state index in [1.165, 1.54) is 31.4 Å². The van der Waals surface area contributed by atoms with E-state index >= 15 is 0 Å². The van der Waals surface area contributed by atoms with Crippen LogP contribution in [0.5, 0.6) is 23.3 Å². The number of halogens is 3. The average Bonchev–Trinajstić information content (AvgIpc) is 2.38. The van der Waals surface area contributed by atoms with Crippen molar-refractivity contribution in [1.29, 1.82) is 0 Å². The summed E-state index contributed by atoms with van der Waals surface area (Å²) in [5.41, 5.74) is 5.43. The fraction of sp³-hybridized carbons (Fsp3) is 0.167. The molecule has 0 bridgehead atoms. The molecule has 2 rings (SSSR count). The molecule has 0 fully saturated rings. The number of rotatable bonds is 4. The van der Waals surface area contributed by atoms with Crippen LogP contribution in [0.25, 0.3) is 0 Å². The summed E-state index contributed by atoms with van der Waals surface area (Å²) in [6, 6.07) is 6.56. The number of para-hydroxylation sites is 2. The van der Waals surface area contributed by atoms with Crippen molar-refractivity contribution in [3.8, 4) is 23.3 Å². The van der Waals surface area contributed by atoms with Gasteiger partial charge in [-0.1, -0.05) is 12.1 Å². The molecule has 0 amide bonds. The highest BCUT2D eigenvalue weighted by Crippen LogP contribution is 2.34. The van der Waals surface area contributed by atoms with E-state index in [9.17, 15) is 13.2 Å². The molecule has 0 aliphatic rings. The Labute approximate surface area is 117 Å². The molecule has 2 N–H and O–H groups in total. The third-order valence-electron chi connectivity index (χ3n) is 2.19. The Morgan fingerprint density at radius 2 is 1.67 bits per heavy atom. The van der Waals surface area contributed by atoms with E-state index in [-0.39, 0.29) is 23.5 Å². The third kappa shape index (κ3) is 4.13. The maximum Gasteiger partial charge on any atom is 0.573 e. The van der Waals surface area contributed by atoms with Crippen molar-refractivity contribution in [2.24, 2.45) is 0 Å². The van der Waals surface area contributed by atoms with E-state index in [1.807, 2.05) is 0 Å². The van der Waals surface area contributed by atoms with Crippen LogP contribution >= 0.6 is 0 Å². The Morgan fingerprint density at radius 3 is 2.29 bits per heavy atom. The minimum Gasteiger partial charge on any atom is -0.481 e. The lowest BCUT2D eigenvalue weighted by Gasteiger charge is -2.13. The maximum atomic E-state index is 12.3. The predicted octanol–water partition coefficient (Wildman–Crippen LogP) is 2.76. The lowest BCUT2D eigenvalue weighted by Crippen LogP contribution is -2.17. The van der Waals surface area contributed by atoms with Gasteiger partial charge in [0.25, 0.3) is 0 Å². The smallest absolute Gasteiger partial charge is 0.481 e. The van der Waals surface area contributed by atoms with Crippen LogP contribution in [0.15, 0.2) is 30.3 Å². The largest absolute Gasteiger partial charge is 0.573 e. The van der Waals surface area contributed by atoms with Crippen LogP contribution in [-0.4, -0.2) is 23.4 Å². The molecule has 112 valence electrons. The van der Waals surface area contributed by atoms with Gasteiger partial charge in [0.2, 0.25) is 17.7 Å². The second-order valence-corrected chi connectivity index (χ2v) is 3.70. The Hall–Kier alpha value is -2.71. The minimum atomic E-state index is -4.83. The fourth-order valence-corrected chi connectivity index (χ4v) is 1.43. The van der Waals surface area contributed by atoms with Crippen molar-refractivity contribution in [1.82, 2.24) is 9.97 Å². The highest BCUT2D eigenvalue weighted by molar-refractivity contribution is 5.42. The van der Waals surface area contributed by atoms with Gasteiger partial charge in [0, 0.05) is 0 Å². The van der Waals surface area contributed by atoms with Gasteiger partial charge in [-0.15, -0.1) is 13.2 Å². The normalized spacial score (nSPS) is 11.0. The summed E-state index contributed by atoms with van der Waals surface area (Å²) in [5.74, 6) is -0.765. The van der Waals surface area contributed by atoms with Gasteiger partial charge in [0.15, 0.2) is 11.5 Å². The first-order valence-electron chi connectivity index (χ1n) is 5.58. The van der Waals surface area contributed by atoms with Crippen LogP contribution < -0.4 is 19.9 Å². The highest BCUT2D eigenvalue weighted by atomic mass is 19.4. The Kier molecular flexibility index (Phi) is 4.01. The van der Waals surface area contributed by atoms with Crippen molar-refractivity contribution in [2.45, 2.75) is 6.36 Å². The molecule has 2 aromatic rings. The van der Waals surface area contributed by atoms with E-state index in [4.69, 9.17) is 15.2 Å². The summed E-state index contributed by atoms with van der Waals surface area (Å²) in [5, 5.41) is 0. The molecule has 0 aliphatic heterocycles. The van der Waals surface area contributed by atoms with E-state index in [0.29, 0.717) is 0 Å². The van der Waals surface area contributed by atoms with Crippen molar-refractivity contribution in [3.05, 3.63) is 30.3 Å².